The van der Waals surface area contributed by atoms with Crippen LogP contribution in [0, 0.1) is 0 Å². The normalized spacial score (nSPS) is 18.3. The van der Waals surface area contributed by atoms with E-state index in [0.717, 1.165) is 28.9 Å². The third-order valence-electron chi connectivity index (χ3n) is 3.32. The summed E-state index contributed by atoms with van der Waals surface area (Å²) in [5.74, 6) is 0.772. The van der Waals surface area contributed by atoms with Crippen molar-refractivity contribution in [3.8, 4) is 5.75 Å². The molecule has 1 aliphatic rings. The van der Waals surface area contributed by atoms with Crippen LogP contribution in [0.5, 0.6) is 5.75 Å². The molecule has 0 spiro atoms. The van der Waals surface area contributed by atoms with Crippen molar-refractivity contribution in [2.24, 2.45) is 0 Å². The Hall–Kier alpha value is -1.07. The number of anilines is 1. The average Bonchev–Trinajstić information content (AvgIpc) is 2.92. The van der Waals surface area contributed by atoms with Crippen LogP contribution in [0.25, 0.3) is 0 Å². The van der Waals surface area contributed by atoms with Crippen LogP contribution in [-0.4, -0.2) is 25.6 Å². The van der Waals surface area contributed by atoms with E-state index < -0.39 is 0 Å². The average molecular weight is 327 g/mol. The number of carbonyl (C=O) groups is 1. The lowest BCUT2D eigenvalue weighted by atomic mass is 10.1. The molecule has 1 heterocycles. The molecular formula is C14H19BrN2O2. The predicted octanol–water partition coefficient (Wildman–Crippen LogP) is 2.93. The quantitative estimate of drug-likeness (QED) is 0.874. The number of carbonyl (C=O) groups excluding carboxylic acids is 1. The molecule has 1 unspecified atom stereocenters. The van der Waals surface area contributed by atoms with Crippen molar-refractivity contribution < 1.29 is 9.53 Å². The predicted molar refractivity (Wildman–Crippen MR) is 79.6 cm³/mol. The molecule has 104 valence electrons. The topological polar surface area (TPSA) is 50.4 Å². The van der Waals surface area contributed by atoms with E-state index in [1.165, 1.54) is 12.8 Å². The van der Waals surface area contributed by atoms with Crippen molar-refractivity contribution in [2.75, 3.05) is 19.0 Å². The lowest BCUT2D eigenvalue weighted by Crippen LogP contribution is -2.23. The van der Waals surface area contributed by atoms with Gasteiger partial charge in [0.2, 0.25) is 5.91 Å². The van der Waals surface area contributed by atoms with E-state index in [4.69, 9.17) is 4.74 Å². The van der Waals surface area contributed by atoms with E-state index in [1.54, 1.807) is 7.11 Å². The van der Waals surface area contributed by atoms with Crippen LogP contribution in [0.4, 0.5) is 5.69 Å². The molecular weight excluding hydrogens is 308 g/mol. The maximum atomic E-state index is 11.9. The Morgan fingerprint density at radius 2 is 2.42 bits per heavy atom. The Bertz CT molecular complexity index is 445. The number of methoxy groups -OCH3 is 1. The minimum atomic E-state index is 0.0538. The van der Waals surface area contributed by atoms with Gasteiger partial charge < -0.3 is 15.4 Å². The first-order valence-corrected chi connectivity index (χ1v) is 7.35. The summed E-state index contributed by atoms with van der Waals surface area (Å²) < 4.78 is 6.08. The second-order valence-corrected chi connectivity index (χ2v) is 5.58. The Morgan fingerprint density at radius 3 is 3.11 bits per heavy atom. The third kappa shape index (κ3) is 4.21. The van der Waals surface area contributed by atoms with Gasteiger partial charge in [-0.3, -0.25) is 4.79 Å². The Morgan fingerprint density at radius 1 is 1.58 bits per heavy atom. The number of halogens is 1. The molecule has 1 aromatic rings. The van der Waals surface area contributed by atoms with Gasteiger partial charge in [-0.2, -0.15) is 0 Å². The number of hydrogen-bond acceptors (Lipinski definition) is 3. The number of rotatable bonds is 5. The zero-order valence-corrected chi connectivity index (χ0v) is 12.6. The minimum Gasteiger partial charge on any atom is -0.495 e. The summed E-state index contributed by atoms with van der Waals surface area (Å²) in [4.78, 5) is 11.9. The van der Waals surface area contributed by atoms with Crippen molar-refractivity contribution in [3.05, 3.63) is 22.7 Å². The van der Waals surface area contributed by atoms with Gasteiger partial charge in [0.15, 0.2) is 0 Å². The fraction of sp³-hybridized carbons (Fsp3) is 0.500. The van der Waals surface area contributed by atoms with Gasteiger partial charge in [-0.1, -0.05) is 0 Å². The Kier molecular flexibility index (Phi) is 5.22. The number of ether oxygens (including phenoxy) is 1. The van der Waals surface area contributed by atoms with Crippen molar-refractivity contribution in [1.82, 2.24) is 5.32 Å². The van der Waals surface area contributed by atoms with Crippen molar-refractivity contribution in [3.63, 3.8) is 0 Å². The molecule has 1 atom stereocenters. The first-order valence-electron chi connectivity index (χ1n) is 6.56. The van der Waals surface area contributed by atoms with Crippen LogP contribution in [0.1, 0.15) is 25.7 Å². The van der Waals surface area contributed by atoms with E-state index in [0.29, 0.717) is 12.5 Å². The lowest BCUT2D eigenvalue weighted by molar-refractivity contribution is -0.116. The highest BCUT2D eigenvalue weighted by molar-refractivity contribution is 9.10. The molecule has 1 amide bonds. The maximum Gasteiger partial charge on any atom is 0.224 e. The van der Waals surface area contributed by atoms with E-state index >= 15 is 0 Å². The molecule has 0 aromatic heterocycles. The van der Waals surface area contributed by atoms with Crippen LogP contribution < -0.4 is 15.4 Å². The summed E-state index contributed by atoms with van der Waals surface area (Å²) in [7, 11) is 1.61. The molecule has 0 radical (unpaired) electrons. The maximum absolute atomic E-state index is 11.9. The first kappa shape index (κ1) is 14.3. The largest absolute Gasteiger partial charge is 0.495 e. The number of amides is 1. The molecule has 5 heteroatoms. The highest BCUT2D eigenvalue weighted by atomic mass is 79.9. The van der Waals surface area contributed by atoms with E-state index in [-0.39, 0.29) is 5.91 Å². The molecule has 2 N–H and O–H groups in total. The molecule has 1 aromatic carbocycles. The number of nitrogens with one attached hydrogen (secondary N) is 2. The van der Waals surface area contributed by atoms with Gasteiger partial charge >= 0.3 is 0 Å². The van der Waals surface area contributed by atoms with Crippen LogP contribution in [-0.2, 0) is 4.79 Å². The second-order valence-electron chi connectivity index (χ2n) is 4.73. The van der Waals surface area contributed by atoms with Gasteiger partial charge in [0.25, 0.3) is 0 Å². The van der Waals surface area contributed by atoms with Crippen LogP contribution >= 0.6 is 15.9 Å². The minimum absolute atomic E-state index is 0.0538. The van der Waals surface area contributed by atoms with Crippen molar-refractivity contribution in [2.45, 2.75) is 31.7 Å². The van der Waals surface area contributed by atoms with Crippen LogP contribution in [0.15, 0.2) is 22.7 Å². The van der Waals surface area contributed by atoms with E-state index in [2.05, 4.69) is 26.6 Å². The summed E-state index contributed by atoms with van der Waals surface area (Å²) in [6, 6.07) is 6.05. The highest BCUT2D eigenvalue weighted by Crippen LogP contribution is 2.27. The molecule has 0 aliphatic carbocycles. The smallest absolute Gasteiger partial charge is 0.224 e. The van der Waals surface area contributed by atoms with Gasteiger partial charge in [0.05, 0.1) is 11.6 Å². The number of benzene rings is 1. The molecule has 1 saturated heterocycles. The summed E-state index contributed by atoms with van der Waals surface area (Å²) in [5, 5.41) is 6.30. The zero-order chi connectivity index (χ0) is 13.7. The molecule has 4 nitrogen and oxygen atoms in total. The third-order valence-corrected chi connectivity index (χ3v) is 3.97. The zero-order valence-electron chi connectivity index (χ0n) is 11.0. The summed E-state index contributed by atoms with van der Waals surface area (Å²) in [6.45, 7) is 1.08. The van der Waals surface area contributed by atoms with Crippen LogP contribution in [0.3, 0.4) is 0 Å². The van der Waals surface area contributed by atoms with E-state index in [9.17, 15) is 4.79 Å². The standard InChI is InChI=1S/C14H19BrN2O2/c1-19-13-9-11(4-6-12(13)15)17-14(18)7-5-10-3-2-8-16-10/h4,6,9-10,16H,2-3,5,7-8H2,1H3,(H,17,18). The van der Waals surface area contributed by atoms with Gasteiger partial charge in [-0.25, -0.2) is 0 Å². The summed E-state index contributed by atoms with van der Waals surface area (Å²) >= 11 is 3.39. The van der Waals surface area contributed by atoms with Gasteiger partial charge in [0, 0.05) is 24.2 Å². The van der Waals surface area contributed by atoms with Gasteiger partial charge in [-0.05, 0) is 53.9 Å². The van der Waals surface area contributed by atoms with Gasteiger partial charge in [-0.15, -0.1) is 0 Å². The van der Waals surface area contributed by atoms with Gasteiger partial charge in [0.1, 0.15) is 5.75 Å². The molecule has 0 bridgehead atoms. The molecule has 1 aliphatic heterocycles. The first-order chi connectivity index (χ1) is 9.19. The molecule has 0 saturated carbocycles. The fourth-order valence-electron chi connectivity index (χ4n) is 2.27. The highest BCUT2D eigenvalue weighted by Gasteiger charge is 2.15. The van der Waals surface area contributed by atoms with Crippen molar-refractivity contribution in [1.29, 1.82) is 0 Å². The Balaban J connectivity index is 1.84. The van der Waals surface area contributed by atoms with Crippen LogP contribution in [0.2, 0.25) is 0 Å². The summed E-state index contributed by atoms with van der Waals surface area (Å²) in [5.41, 5.74) is 0.768. The summed E-state index contributed by atoms with van der Waals surface area (Å²) in [6.07, 6.45) is 3.85. The lowest BCUT2D eigenvalue weighted by Gasteiger charge is -2.11. The van der Waals surface area contributed by atoms with Crippen molar-refractivity contribution >= 4 is 27.5 Å². The fourth-order valence-corrected chi connectivity index (χ4v) is 2.68. The SMILES string of the molecule is COc1cc(NC(=O)CCC2CCCN2)ccc1Br. The molecule has 19 heavy (non-hydrogen) atoms. The molecule has 2 rings (SSSR count). The monoisotopic (exact) mass is 326 g/mol. The Labute approximate surface area is 122 Å². The number of hydrogen-bond donors (Lipinski definition) is 2. The molecule has 1 fully saturated rings. The second kappa shape index (κ2) is 6.91. The van der Waals surface area contributed by atoms with E-state index in [1.807, 2.05) is 18.2 Å².